The molecular weight excluding hydrogens is 185 g/mol. The van der Waals surface area contributed by atoms with Gasteiger partial charge in [-0.25, -0.2) is 4.39 Å². The number of benzene rings is 1. The van der Waals surface area contributed by atoms with Gasteiger partial charge in [0.1, 0.15) is 5.82 Å². The zero-order valence-corrected chi connectivity index (χ0v) is 8.33. The molecule has 0 aliphatic carbocycles. The molecule has 0 amide bonds. The first-order valence-corrected chi connectivity index (χ1v) is 5.41. The maximum Gasteiger partial charge on any atom is 0.147 e. The van der Waals surface area contributed by atoms with Gasteiger partial charge in [-0.1, -0.05) is 13.0 Å². The molecule has 2 rings (SSSR count). The monoisotopic (exact) mass is 197 g/mol. The van der Waals surface area contributed by atoms with Gasteiger partial charge in [0.05, 0.1) is 5.69 Å². The van der Waals surface area contributed by atoms with Gasteiger partial charge < -0.3 is 5.32 Å². The summed E-state index contributed by atoms with van der Waals surface area (Å²) in [5.74, 6) is 1.51. The molecule has 1 N–H and O–H groups in total. The molecule has 1 aromatic rings. The molecule has 0 fully saturated rings. The van der Waals surface area contributed by atoms with Crippen LogP contribution in [0.2, 0.25) is 0 Å². The van der Waals surface area contributed by atoms with Gasteiger partial charge in [-0.2, -0.15) is 0 Å². The van der Waals surface area contributed by atoms with Crippen LogP contribution >= 0.6 is 11.8 Å². The van der Waals surface area contributed by atoms with Gasteiger partial charge in [-0.3, -0.25) is 0 Å². The minimum Gasteiger partial charge on any atom is -0.381 e. The lowest BCUT2D eigenvalue weighted by Gasteiger charge is -2.08. The summed E-state index contributed by atoms with van der Waals surface area (Å²) in [6.07, 6.45) is 0. The van der Waals surface area contributed by atoms with Crippen LogP contribution in [0.4, 0.5) is 10.1 Å². The van der Waals surface area contributed by atoms with E-state index in [-0.39, 0.29) is 5.82 Å². The zero-order chi connectivity index (χ0) is 9.26. The summed E-state index contributed by atoms with van der Waals surface area (Å²) in [6.45, 7) is 3.03. The summed E-state index contributed by atoms with van der Waals surface area (Å²) in [4.78, 5) is 1.03. The first-order valence-electron chi connectivity index (χ1n) is 4.42. The van der Waals surface area contributed by atoms with Crippen LogP contribution in [0.15, 0.2) is 23.1 Å². The van der Waals surface area contributed by atoms with E-state index in [1.807, 2.05) is 6.07 Å². The largest absolute Gasteiger partial charge is 0.381 e. The molecule has 0 saturated heterocycles. The number of nitrogens with one attached hydrogen (secondary N) is 1. The molecule has 70 valence electrons. The molecule has 1 atom stereocenters. The minimum atomic E-state index is -0.140. The summed E-state index contributed by atoms with van der Waals surface area (Å²) in [7, 11) is 0. The molecule has 0 spiro atoms. The Balaban J connectivity index is 2.35. The van der Waals surface area contributed by atoms with Crippen molar-refractivity contribution >= 4 is 17.4 Å². The van der Waals surface area contributed by atoms with E-state index in [9.17, 15) is 4.39 Å². The van der Waals surface area contributed by atoms with Crippen LogP contribution < -0.4 is 5.32 Å². The summed E-state index contributed by atoms with van der Waals surface area (Å²) in [6, 6.07) is 5.23. The van der Waals surface area contributed by atoms with Crippen molar-refractivity contribution in [2.24, 2.45) is 5.92 Å². The molecule has 3 heteroatoms. The molecule has 0 radical (unpaired) electrons. The Labute approximate surface area is 81.7 Å². The standard InChI is InChI=1S/C10H12FNS/c1-7-5-12-10-8(11)3-2-4-9(10)13-6-7/h2-4,7,12H,5-6H2,1H3. The average Bonchev–Trinajstić information content (AvgIpc) is 2.30. The summed E-state index contributed by atoms with van der Waals surface area (Å²) in [5, 5.41) is 3.15. The van der Waals surface area contributed by atoms with Crippen LogP contribution in [0.25, 0.3) is 0 Å². The molecule has 0 saturated carbocycles. The molecule has 1 aliphatic heterocycles. The number of hydrogen-bond donors (Lipinski definition) is 1. The minimum absolute atomic E-state index is 0.140. The number of halogens is 1. The van der Waals surface area contributed by atoms with Crippen molar-refractivity contribution in [3.8, 4) is 0 Å². The van der Waals surface area contributed by atoms with Crippen LogP contribution in [0, 0.1) is 11.7 Å². The van der Waals surface area contributed by atoms with E-state index in [1.165, 1.54) is 6.07 Å². The van der Waals surface area contributed by atoms with Gasteiger partial charge >= 0.3 is 0 Å². The Morgan fingerprint density at radius 1 is 1.54 bits per heavy atom. The highest BCUT2D eigenvalue weighted by atomic mass is 32.2. The van der Waals surface area contributed by atoms with Gasteiger partial charge in [0, 0.05) is 17.2 Å². The molecule has 0 bridgehead atoms. The van der Waals surface area contributed by atoms with E-state index in [2.05, 4.69) is 12.2 Å². The van der Waals surface area contributed by atoms with E-state index < -0.39 is 0 Å². The molecule has 0 aromatic heterocycles. The second-order valence-corrected chi connectivity index (χ2v) is 4.47. The van der Waals surface area contributed by atoms with Crippen molar-refractivity contribution in [2.45, 2.75) is 11.8 Å². The maximum atomic E-state index is 13.3. The summed E-state index contributed by atoms with van der Waals surface area (Å²) >= 11 is 1.73. The molecule has 13 heavy (non-hydrogen) atoms. The highest BCUT2D eigenvalue weighted by molar-refractivity contribution is 7.99. The second kappa shape index (κ2) is 3.58. The fraction of sp³-hybridized carbons (Fsp3) is 0.400. The van der Waals surface area contributed by atoms with Crippen molar-refractivity contribution in [3.63, 3.8) is 0 Å². The van der Waals surface area contributed by atoms with Crippen LogP contribution in [-0.4, -0.2) is 12.3 Å². The third kappa shape index (κ3) is 1.80. The maximum absolute atomic E-state index is 13.3. The first kappa shape index (κ1) is 8.88. The number of rotatable bonds is 0. The lowest BCUT2D eigenvalue weighted by atomic mass is 10.2. The van der Waals surface area contributed by atoms with Crippen LogP contribution in [0.1, 0.15) is 6.92 Å². The van der Waals surface area contributed by atoms with Gasteiger partial charge in [-0.05, 0) is 18.1 Å². The van der Waals surface area contributed by atoms with Crippen molar-refractivity contribution < 1.29 is 4.39 Å². The number of para-hydroxylation sites is 1. The van der Waals surface area contributed by atoms with E-state index in [0.29, 0.717) is 11.6 Å². The highest BCUT2D eigenvalue weighted by Gasteiger charge is 2.14. The number of hydrogen-bond acceptors (Lipinski definition) is 2. The van der Waals surface area contributed by atoms with Gasteiger partial charge in [-0.15, -0.1) is 11.8 Å². The number of fused-ring (bicyclic) bond motifs is 1. The number of thioether (sulfide) groups is 1. The van der Waals surface area contributed by atoms with E-state index in [0.717, 1.165) is 17.2 Å². The van der Waals surface area contributed by atoms with Crippen LogP contribution in [-0.2, 0) is 0 Å². The van der Waals surface area contributed by atoms with Crippen LogP contribution in [0.3, 0.4) is 0 Å². The lowest BCUT2D eigenvalue weighted by Crippen LogP contribution is -2.11. The summed E-state index contributed by atoms with van der Waals surface area (Å²) in [5.41, 5.74) is 0.678. The predicted octanol–water partition coefficient (Wildman–Crippen LogP) is 2.98. The third-order valence-electron chi connectivity index (χ3n) is 2.13. The smallest absolute Gasteiger partial charge is 0.147 e. The quantitative estimate of drug-likeness (QED) is 0.686. The second-order valence-electron chi connectivity index (χ2n) is 3.41. The Morgan fingerprint density at radius 2 is 2.38 bits per heavy atom. The van der Waals surface area contributed by atoms with Crippen molar-refractivity contribution in [3.05, 3.63) is 24.0 Å². The fourth-order valence-electron chi connectivity index (χ4n) is 1.36. The van der Waals surface area contributed by atoms with Crippen molar-refractivity contribution in [1.29, 1.82) is 0 Å². The average molecular weight is 197 g/mol. The predicted molar refractivity (Wildman–Crippen MR) is 54.8 cm³/mol. The molecule has 1 nitrogen and oxygen atoms in total. The van der Waals surface area contributed by atoms with Gasteiger partial charge in [0.2, 0.25) is 0 Å². The molecular formula is C10H12FNS. The Morgan fingerprint density at radius 3 is 3.23 bits per heavy atom. The third-order valence-corrected chi connectivity index (χ3v) is 3.51. The Bertz CT molecular complexity index is 314. The zero-order valence-electron chi connectivity index (χ0n) is 7.51. The van der Waals surface area contributed by atoms with E-state index >= 15 is 0 Å². The highest BCUT2D eigenvalue weighted by Crippen LogP contribution is 2.33. The number of anilines is 1. The lowest BCUT2D eigenvalue weighted by molar-refractivity contribution is 0.623. The SMILES string of the molecule is CC1CNc2c(F)cccc2SC1. The molecule has 1 heterocycles. The normalized spacial score (nSPS) is 21.5. The van der Waals surface area contributed by atoms with Gasteiger partial charge in [0.15, 0.2) is 0 Å². The van der Waals surface area contributed by atoms with Gasteiger partial charge in [0.25, 0.3) is 0 Å². The van der Waals surface area contributed by atoms with E-state index in [1.54, 1.807) is 17.8 Å². The van der Waals surface area contributed by atoms with Crippen molar-refractivity contribution in [2.75, 3.05) is 17.6 Å². The van der Waals surface area contributed by atoms with Crippen molar-refractivity contribution in [1.82, 2.24) is 0 Å². The van der Waals surface area contributed by atoms with Crippen LogP contribution in [0.5, 0.6) is 0 Å². The fourth-order valence-corrected chi connectivity index (χ4v) is 2.43. The molecule has 1 aromatic carbocycles. The van der Waals surface area contributed by atoms with E-state index in [4.69, 9.17) is 0 Å². The Kier molecular flexibility index (Phi) is 2.44. The first-order chi connectivity index (χ1) is 6.27. The molecule has 1 aliphatic rings. The topological polar surface area (TPSA) is 12.0 Å². The molecule has 1 unspecified atom stereocenters. The Hall–Kier alpha value is -0.700. The summed E-state index contributed by atoms with van der Waals surface area (Å²) < 4.78 is 13.3.